The molecule has 0 fully saturated rings. The Balaban J connectivity index is 3.70. The third-order valence-corrected chi connectivity index (χ3v) is 2.12. The topological polar surface area (TPSA) is 0 Å². The molecule has 0 unspecified atom stereocenters. The van der Waals surface area contributed by atoms with Crippen LogP contribution in [0.25, 0.3) is 0 Å². The minimum Gasteiger partial charge on any atom is -0.0853 e. The van der Waals surface area contributed by atoms with Gasteiger partial charge in [0.25, 0.3) is 0 Å². The van der Waals surface area contributed by atoms with Crippen molar-refractivity contribution in [3.63, 3.8) is 0 Å². The van der Waals surface area contributed by atoms with Crippen molar-refractivity contribution in [1.82, 2.24) is 0 Å². The van der Waals surface area contributed by atoms with Crippen molar-refractivity contribution in [3.05, 3.63) is 11.6 Å². The van der Waals surface area contributed by atoms with E-state index < -0.39 is 0 Å². The summed E-state index contributed by atoms with van der Waals surface area (Å²) in [4.78, 5) is 0. The van der Waals surface area contributed by atoms with Crippen LogP contribution in [-0.2, 0) is 0 Å². The van der Waals surface area contributed by atoms with Crippen LogP contribution in [0.5, 0.6) is 0 Å². The highest BCUT2D eigenvalue weighted by molar-refractivity contribution is 5.01. The molecule has 0 spiro atoms. The van der Waals surface area contributed by atoms with E-state index in [-0.39, 0.29) is 0 Å². The molecule has 0 saturated heterocycles. The highest BCUT2D eigenvalue weighted by Gasteiger charge is 1.97. The molecule has 0 amide bonds. The fourth-order valence-electron chi connectivity index (χ4n) is 1.41. The van der Waals surface area contributed by atoms with Crippen LogP contribution in [0.2, 0.25) is 0 Å². The van der Waals surface area contributed by atoms with Gasteiger partial charge in [-0.3, -0.25) is 0 Å². The summed E-state index contributed by atoms with van der Waals surface area (Å²) in [7, 11) is 0. The molecule has 0 heterocycles. The molecular weight excluding hydrogens is 144 g/mol. The van der Waals surface area contributed by atoms with E-state index in [4.69, 9.17) is 0 Å². The SMILES string of the molecule is CCCCC=C(CC)CC(C)C. The molecule has 0 aromatic rings. The fraction of sp³-hybridized carbons (Fsp3) is 0.833. The van der Waals surface area contributed by atoms with Crippen LogP contribution in [0, 0.1) is 5.92 Å². The molecule has 72 valence electrons. The molecule has 0 aliphatic heterocycles. The van der Waals surface area contributed by atoms with Crippen LogP contribution in [0.3, 0.4) is 0 Å². The van der Waals surface area contributed by atoms with Gasteiger partial charge in [0.2, 0.25) is 0 Å². The third-order valence-electron chi connectivity index (χ3n) is 2.12. The lowest BCUT2D eigenvalue weighted by Crippen LogP contribution is -1.90. The third kappa shape index (κ3) is 6.45. The summed E-state index contributed by atoms with van der Waals surface area (Å²) < 4.78 is 0. The number of allylic oxidation sites excluding steroid dienone is 2. The van der Waals surface area contributed by atoms with Gasteiger partial charge in [-0.25, -0.2) is 0 Å². The highest BCUT2D eigenvalue weighted by Crippen LogP contribution is 2.15. The highest BCUT2D eigenvalue weighted by atomic mass is 14.0. The number of rotatable bonds is 6. The van der Waals surface area contributed by atoms with Gasteiger partial charge < -0.3 is 0 Å². The maximum atomic E-state index is 2.45. The van der Waals surface area contributed by atoms with E-state index in [0.29, 0.717) is 0 Å². The summed E-state index contributed by atoms with van der Waals surface area (Å²) >= 11 is 0. The monoisotopic (exact) mass is 168 g/mol. The summed E-state index contributed by atoms with van der Waals surface area (Å²) in [6, 6.07) is 0. The van der Waals surface area contributed by atoms with Crippen molar-refractivity contribution in [1.29, 1.82) is 0 Å². The molecule has 0 nitrogen and oxygen atoms in total. The summed E-state index contributed by atoms with van der Waals surface area (Å²) in [6.45, 7) is 9.11. The van der Waals surface area contributed by atoms with Crippen molar-refractivity contribution in [2.75, 3.05) is 0 Å². The Morgan fingerprint density at radius 2 is 1.92 bits per heavy atom. The van der Waals surface area contributed by atoms with Crippen LogP contribution in [0.15, 0.2) is 11.6 Å². The second kappa shape index (κ2) is 7.39. The number of unbranched alkanes of at least 4 members (excludes halogenated alkanes) is 2. The first-order chi connectivity index (χ1) is 5.70. The smallest absolute Gasteiger partial charge is 0.0297 e. The molecule has 0 radical (unpaired) electrons. The van der Waals surface area contributed by atoms with E-state index in [0.717, 1.165) is 5.92 Å². The predicted molar refractivity (Wildman–Crippen MR) is 57.4 cm³/mol. The van der Waals surface area contributed by atoms with Crippen LogP contribution in [0.4, 0.5) is 0 Å². The molecule has 0 aliphatic carbocycles. The maximum Gasteiger partial charge on any atom is -0.0297 e. The van der Waals surface area contributed by atoms with E-state index in [2.05, 4.69) is 33.8 Å². The fourth-order valence-corrected chi connectivity index (χ4v) is 1.41. The van der Waals surface area contributed by atoms with E-state index in [1.165, 1.54) is 32.1 Å². The number of hydrogen-bond acceptors (Lipinski definition) is 0. The van der Waals surface area contributed by atoms with Crippen LogP contribution < -0.4 is 0 Å². The lowest BCUT2D eigenvalue weighted by molar-refractivity contribution is 0.626. The van der Waals surface area contributed by atoms with Crippen molar-refractivity contribution in [2.24, 2.45) is 5.92 Å². The minimum atomic E-state index is 0.817. The Morgan fingerprint density at radius 3 is 2.33 bits per heavy atom. The molecule has 12 heavy (non-hydrogen) atoms. The van der Waals surface area contributed by atoms with Gasteiger partial charge >= 0.3 is 0 Å². The van der Waals surface area contributed by atoms with E-state index in [1.54, 1.807) is 5.57 Å². The average Bonchev–Trinajstić information content (AvgIpc) is 2.02. The van der Waals surface area contributed by atoms with Gasteiger partial charge in [0.1, 0.15) is 0 Å². The zero-order valence-corrected chi connectivity index (χ0v) is 9.19. The quantitative estimate of drug-likeness (QED) is 0.403. The van der Waals surface area contributed by atoms with Crippen LogP contribution in [-0.4, -0.2) is 0 Å². The van der Waals surface area contributed by atoms with Gasteiger partial charge in [0, 0.05) is 0 Å². The summed E-state index contributed by atoms with van der Waals surface area (Å²) in [5.74, 6) is 0.817. The summed E-state index contributed by atoms with van der Waals surface area (Å²) in [6.07, 6.45) is 8.93. The van der Waals surface area contributed by atoms with Gasteiger partial charge in [-0.2, -0.15) is 0 Å². The Kier molecular flexibility index (Phi) is 7.23. The van der Waals surface area contributed by atoms with Crippen LogP contribution in [0.1, 0.15) is 59.8 Å². The standard InChI is InChI=1S/C12H24/c1-5-7-8-9-12(6-2)10-11(3)4/h9,11H,5-8,10H2,1-4H3. The second-order valence-corrected chi connectivity index (χ2v) is 3.96. The maximum absolute atomic E-state index is 2.45. The molecule has 0 atom stereocenters. The summed E-state index contributed by atoms with van der Waals surface area (Å²) in [5.41, 5.74) is 1.65. The molecule has 0 rings (SSSR count). The number of hydrogen-bond donors (Lipinski definition) is 0. The minimum absolute atomic E-state index is 0.817. The van der Waals surface area contributed by atoms with Crippen molar-refractivity contribution < 1.29 is 0 Å². The predicted octanol–water partition coefficient (Wildman–Crippen LogP) is 4.56. The van der Waals surface area contributed by atoms with Gasteiger partial charge in [-0.1, -0.05) is 52.2 Å². The van der Waals surface area contributed by atoms with Crippen LogP contribution >= 0.6 is 0 Å². The molecular formula is C12H24. The van der Waals surface area contributed by atoms with Gasteiger partial charge in [-0.15, -0.1) is 0 Å². The molecule has 0 aliphatic rings. The largest absolute Gasteiger partial charge is 0.0853 e. The Morgan fingerprint density at radius 1 is 1.25 bits per heavy atom. The second-order valence-electron chi connectivity index (χ2n) is 3.96. The van der Waals surface area contributed by atoms with E-state index in [9.17, 15) is 0 Å². The Bertz CT molecular complexity index is 120. The lowest BCUT2D eigenvalue weighted by Gasteiger charge is -2.07. The normalized spacial score (nSPS) is 12.6. The first-order valence-corrected chi connectivity index (χ1v) is 5.38. The Hall–Kier alpha value is -0.260. The van der Waals surface area contributed by atoms with Crippen molar-refractivity contribution in [3.8, 4) is 0 Å². The average molecular weight is 168 g/mol. The molecule has 0 bridgehead atoms. The van der Waals surface area contributed by atoms with E-state index in [1.807, 2.05) is 0 Å². The van der Waals surface area contributed by atoms with Gasteiger partial charge in [0.05, 0.1) is 0 Å². The Labute approximate surface area is 78.1 Å². The molecule has 0 N–H and O–H groups in total. The van der Waals surface area contributed by atoms with Gasteiger partial charge in [0.15, 0.2) is 0 Å². The first-order valence-electron chi connectivity index (χ1n) is 5.38. The summed E-state index contributed by atoms with van der Waals surface area (Å²) in [5, 5.41) is 0. The van der Waals surface area contributed by atoms with Crippen molar-refractivity contribution >= 4 is 0 Å². The van der Waals surface area contributed by atoms with Gasteiger partial charge in [-0.05, 0) is 25.2 Å². The zero-order chi connectivity index (χ0) is 9.40. The lowest BCUT2D eigenvalue weighted by atomic mass is 9.99. The zero-order valence-electron chi connectivity index (χ0n) is 9.19. The van der Waals surface area contributed by atoms with E-state index >= 15 is 0 Å². The first kappa shape index (κ1) is 11.7. The molecule has 0 aromatic carbocycles. The molecule has 0 aromatic heterocycles. The molecule has 0 heteroatoms. The van der Waals surface area contributed by atoms with Crippen molar-refractivity contribution in [2.45, 2.75) is 59.8 Å². The molecule has 0 saturated carbocycles.